The van der Waals surface area contributed by atoms with E-state index < -0.39 is 0 Å². The van der Waals surface area contributed by atoms with E-state index in [0.717, 1.165) is 41.3 Å². The Hall–Kier alpha value is -1.01. The van der Waals surface area contributed by atoms with Crippen molar-refractivity contribution in [2.45, 2.75) is 26.3 Å². The minimum Gasteiger partial charge on any atom is -0.354 e. The van der Waals surface area contributed by atoms with E-state index in [0.29, 0.717) is 0 Å². The molecular formula is C12H15BrN4S. The van der Waals surface area contributed by atoms with Gasteiger partial charge in [0.05, 0.1) is 17.7 Å². The van der Waals surface area contributed by atoms with Crippen molar-refractivity contribution >= 4 is 33.1 Å². The average Bonchev–Trinajstić information content (AvgIpc) is 2.81. The molecule has 0 spiro atoms. The summed E-state index contributed by atoms with van der Waals surface area (Å²) in [6.45, 7) is 2.89. The minimum atomic E-state index is 0.762. The highest BCUT2D eigenvalue weighted by atomic mass is 79.9. The molecule has 0 bridgehead atoms. The number of aromatic nitrogens is 3. The molecule has 0 amide bonds. The lowest BCUT2D eigenvalue weighted by Crippen LogP contribution is -2.18. The van der Waals surface area contributed by atoms with Crippen molar-refractivity contribution in [3.05, 3.63) is 33.1 Å². The molecule has 4 nitrogen and oxygen atoms in total. The van der Waals surface area contributed by atoms with Crippen molar-refractivity contribution in [3.8, 4) is 0 Å². The van der Waals surface area contributed by atoms with Gasteiger partial charge in [-0.25, -0.2) is 15.0 Å². The van der Waals surface area contributed by atoms with Gasteiger partial charge in [0.25, 0.3) is 0 Å². The van der Waals surface area contributed by atoms with Gasteiger partial charge in [-0.3, -0.25) is 0 Å². The lowest BCUT2D eigenvalue weighted by atomic mass is 10.3. The van der Waals surface area contributed by atoms with E-state index in [9.17, 15) is 0 Å². The normalized spacial score (nSPS) is 10.6. The van der Waals surface area contributed by atoms with Crippen LogP contribution in [0.3, 0.4) is 0 Å². The van der Waals surface area contributed by atoms with E-state index in [-0.39, 0.29) is 0 Å². The maximum Gasteiger partial charge on any atom is 0.133 e. The summed E-state index contributed by atoms with van der Waals surface area (Å²) in [5.74, 6) is 1.81. The Bertz CT molecular complexity index is 501. The molecular weight excluding hydrogens is 312 g/mol. The van der Waals surface area contributed by atoms with E-state index in [4.69, 9.17) is 0 Å². The summed E-state index contributed by atoms with van der Waals surface area (Å²) in [7, 11) is 2.02. The zero-order valence-corrected chi connectivity index (χ0v) is 12.8. The number of hydrogen-bond donors (Lipinski definition) is 0. The highest BCUT2D eigenvalue weighted by molar-refractivity contribution is 9.10. The minimum absolute atomic E-state index is 0.762. The van der Waals surface area contributed by atoms with Crippen LogP contribution in [0.2, 0.25) is 0 Å². The zero-order chi connectivity index (χ0) is 13.0. The van der Waals surface area contributed by atoms with Crippen LogP contribution < -0.4 is 4.90 Å². The van der Waals surface area contributed by atoms with Crippen LogP contribution in [0.25, 0.3) is 0 Å². The summed E-state index contributed by atoms with van der Waals surface area (Å²) >= 11 is 5.05. The predicted octanol–water partition coefficient (Wildman–Crippen LogP) is 3.28. The van der Waals surface area contributed by atoms with Gasteiger partial charge in [0.1, 0.15) is 16.2 Å². The number of rotatable bonds is 5. The molecule has 96 valence electrons. The molecule has 0 atom stereocenters. The van der Waals surface area contributed by atoms with Gasteiger partial charge in [0.15, 0.2) is 0 Å². The molecule has 0 fully saturated rings. The molecule has 0 saturated heterocycles. The van der Waals surface area contributed by atoms with Gasteiger partial charge in [-0.15, -0.1) is 11.3 Å². The first-order valence-corrected chi connectivity index (χ1v) is 7.54. The highest BCUT2D eigenvalue weighted by Gasteiger charge is 2.08. The average molecular weight is 327 g/mol. The summed E-state index contributed by atoms with van der Waals surface area (Å²) in [5.41, 5.74) is 2.91. The fourth-order valence-electron chi connectivity index (χ4n) is 1.62. The van der Waals surface area contributed by atoms with Crippen LogP contribution in [-0.2, 0) is 13.0 Å². The summed E-state index contributed by atoms with van der Waals surface area (Å²) in [6.07, 6.45) is 1.95. The molecule has 0 unspecified atom stereocenters. The standard InChI is InChI=1S/C12H15BrN4S/c1-3-4-11-15-10(13)5-12(16-11)17(2)6-9-7-18-8-14-9/h5,7-8H,3-4,6H2,1-2H3. The van der Waals surface area contributed by atoms with Crippen LogP contribution in [0.1, 0.15) is 24.9 Å². The van der Waals surface area contributed by atoms with Gasteiger partial charge >= 0.3 is 0 Å². The first kappa shape index (κ1) is 13.4. The van der Waals surface area contributed by atoms with Crippen molar-refractivity contribution in [3.63, 3.8) is 0 Å². The topological polar surface area (TPSA) is 41.9 Å². The molecule has 0 aliphatic rings. The Morgan fingerprint density at radius 2 is 2.22 bits per heavy atom. The third-order valence-electron chi connectivity index (χ3n) is 2.48. The predicted molar refractivity (Wildman–Crippen MR) is 77.9 cm³/mol. The Labute approximate surface area is 119 Å². The summed E-state index contributed by atoms with van der Waals surface area (Å²) < 4.78 is 0.834. The summed E-state index contributed by atoms with van der Waals surface area (Å²) in [5, 5.41) is 2.06. The van der Waals surface area contributed by atoms with Crippen molar-refractivity contribution in [2.75, 3.05) is 11.9 Å². The molecule has 2 heterocycles. The van der Waals surface area contributed by atoms with E-state index in [1.807, 2.05) is 18.6 Å². The van der Waals surface area contributed by atoms with Gasteiger partial charge in [-0.05, 0) is 22.4 Å². The molecule has 0 saturated carbocycles. The molecule has 2 aromatic heterocycles. The van der Waals surface area contributed by atoms with Gasteiger partial charge < -0.3 is 4.90 Å². The SMILES string of the molecule is CCCc1nc(Br)cc(N(C)Cc2cscn2)n1. The molecule has 6 heteroatoms. The van der Waals surface area contributed by atoms with Crippen molar-refractivity contribution in [2.24, 2.45) is 0 Å². The van der Waals surface area contributed by atoms with Gasteiger partial charge in [-0.2, -0.15) is 0 Å². The third kappa shape index (κ3) is 3.49. The first-order chi connectivity index (χ1) is 8.69. The smallest absolute Gasteiger partial charge is 0.133 e. The van der Waals surface area contributed by atoms with E-state index in [1.165, 1.54) is 0 Å². The number of anilines is 1. The lowest BCUT2D eigenvalue weighted by molar-refractivity contribution is 0.802. The Morgan fingerprint density at radius 3 is 2.89 bits per heavy atom. The second kappa shape index (κ2) is 6.24. The van der Waals surface area contributed by atoms with E-state index >= 15 is 0 Å². The molecule has 0 aliphatic carbocycles. The number of aryl methyl sites for hydroxylation is 1. The fourth-order valence-corrected chi connectivity index (χ4v) is 2.58. The third-order valence-corrected chi connectivity index (χ3v) is 3.52. The quantitative estimate of drug-likeness (QED) is 0.791. The van der Waals surface area contributed by atoms with Crippen LogP contribution in [0, 0.1) is 0 Å². The molecule has 0 aromatic carbocycles. The number of nitrogens with zero attached hydrogens (tertiary/aromatic N) is 4. The number of hydrogen-bond acceptors (Lipinski definition) is 5. The Balaban J connectivity index is 2.16. The maximum absolute atomic E-state index is 4.56. The number of halogens is 1. The van der Waals surface area contributed by atoms with E-state index in [1.54, 1.807) is 11.3 Å². The van der Waals surface area contributed by atoms with Crippen LogP contribution in [0.15, 0.2) is 21.6 Å². The summed E-state index contributed by atoms with van der Waals surface area (Å²) in [4.78, 5) is 15.3. The highest BCUT2D eigenvalue weighted by Crippen LogP contribution is 2.18. The van der Waals surface area contributed by atoms with Crippen LogP contribution in [0.5, 0.6) is 0 Å². The molecule has 0 aliphatic heterocycles. The van der Waals surface area contributed by atoms with Gasteiger partial charge in [-0.1, -0.05) is 6.92 Å². The van der Waals surface area contributed by atoms with Crippen molar-refractivity contribution in [1.82, 2.24) is 15.0 Å². The largest absolute Gasteiger partial charge is 0.354 e. The molecule has 2 rings (SSSR count). The monoisotopic (exact) mass is 326 g/mol. The van der Waals surface area contributed by atoms with Gasteiger partial charge in [0, 0.05) is 24.9 Å². The molecule has 0 N–H and O–H groups in total. The molecule has 2 aromatic rings. The fraction of sp³-hybridized carbons (Fsp3) is 0.417. The maximum atomic E-state index is 4.56. The van der Waals surface area contributed by atoms with Crippen LogP contribution in [-0.4, -0.2) is 22.0 Å². The van der Waals surface area contributed by atoms with Crippen LogP contribution >= 0.6 is 27.3 Å². The first-order valence-electron chi connectivity index (χ1n) is 5.80. The van der Waals surface area contributed by atoms with Crippen molar-refractivity contribution < 1.29 is 0 Å². The van der Waals surface area contributed by atoms with Gasteiger partial charge in [0.2, 0.25) is 0 Å². The van der Waals surface area contributed by atoms with E-state index in [2.05, 4.69) is 48.1 Å². The Kier molecular flexibility index (Phi) is 4.66. The van der Waals surface area contributed by atoms with Crippen LogP contribution in [0.4, 0.5) is 5.82 Å². The second-order valence-corrected chi connectivity index (χ2v) is 5.58. The lowest BCUT2D eigenvalue weighted by Gasteiger charge is -2.17. The Morgan fingerprint density at radius 1 is 1.39 bits per heavy atom. The molecule has 18 heavy (non-hydrogen) atoms. The van der Waals surface area contributed by atoms with Crippen molar-refractivity contribution in [1.29, 1.82) is 0 Å². The zero-order valence-electron chi connectivity index (χ0n) is 10.4. The number of thiazole rings is 1. The second-order valence-electron chi connectivity index (χ2n) is 4.05. The molecule has 0 radical (unpaired) electrons. The summed E-state index contributed by atoms with van der Waals surface area (Å²) in [6, 6.07) is 1.94.